The molecule has 1 aromatic carbocycles. The fourth-order valence-electron chi connectivity index (χ4n) is 1.43. The Hall–Kier alpha value is -1.53. The van der Waals surface area contributed by atoms with E-state index in [4.69, 9.17) is 9.15 Å². The number of hydrogen-bond donors (Lipinski definition) is 1. The van der Waals surface area contributed by atoms with Crippen molar-refractivity contribution in [1.82, 2.24) is 10.2 Å². The summed E-state index contributed by atoms with van der Waals surface area (Å²) in [4.78, 5) is 0. The van der Waals surface area contributed by atoms with Gasteiger partial charge in [-0.2, -0.15) is 0 Å². The summed E-state index contributed by atoms with van der Waals surface area (Å²) in [6.45, 7) is 1.73. The molecule has 5 nitrogen and oxygen atoms in total. The Morgan fingerprint density at radius 3 is 2.94 bits per heavy atom. The predicted molar refractivity (Wildman–Crippen MR) is 67.7 cm³/mol. The minimum atomic E-state index is -0.600. The van der Waals surface area contributed by atoms with Gasteiger partial charge in [0.1, 0.15) is 5.75 Å². The van der Waals surface area contributed by atoms with Crippen LogP contribution in [0, 0.1) is 6.92 Å². The zero-order chi connectivity index (χ0) is 13.0. The highest BCUT2D eigenvalue weighted by Gasteiger charge is 2.11. The van der Waals surface area contributed by atoms with E-state index in [1.807, 2.05) is 24.3 Å². The zero-order valence-electron chi connectivity index (χ0n) is 10.2. The van der Waals surface area contributed by atoms with Crippen molar-refractivity contribution in [2.24, 2.45) is 0 Å². The highest BCUT2D eigenvalue weighted by molar-refractivity contribution is 7.99. The number of nitrogens with zero attached hydrogens (tertiary/aromatic N) is 2. The summed E-state index contributed by atoms with van der Waals surface area (Å²) < 4.78 is 10.3. The number of ether oxygens (including phenoxy) is 1. The molecular weight excluding hydrogens is 252 g/mol. The number of aromatic nitrogens is 2. The molecule has 0 aliphatic carbocycles. The summed E-state index contributed by atoms with van der Waals surface area (Å²) in [5.74, 6) is 1.70. The van der Waals surface area contributed by atoms with Crippen molar-refractivity contribution in [1.29, 1.82) is 0 Å². The van der Waals surface area contributed by atoms with Gasteiger partial charge in [0, 0.05) is 12.7 Å². The number of rotatable bonds is 5. The van der Waals surface area contributed by atoms with E-state index >= 15 is 0 Å². The first kappa shape index (κ1) is 12.9. The lowest BCUT2D eigenvalue weighted by atomic mass is 10.1. The van der Waals surface area contributed by atoms with Crippen LogP contribution in [0.5, 0.6) is 5.75 Å². The van der Waals surface area contributed by atoms with E-state index in [1.54, 1.807) is 14.0 Å². The molecule has 6 heteroatoms. The highest BCUT2D eigenvalue weighted by Crippen LogP contribution is 2.25. The van der Waals surface area contributed by atoms with E-state index in [9.17, 15) is 5.11 Å². The summed E-state index contributed by atoms with van der Waals surface area (Å²) in [6, 6.07) is 7.35. The maximum absolute atomic E-state index is 10.0. The van der Waals surface area contributed by atoms with Crippen molar-refractivity contribution in [3.63, 3.8) is 0 Å². The van der Waals surface area contributed by atoms with Gasteiger partial charge in [-0.1, -0.05) is 23.9 Å². The second-order valence-corrected chi connectivity index (χ2v) is 4.66. The third-order valence-electron chi connectivity index (χ3n) is 2.35. The number of aryl methyl sites for hydroxylation is 1. The van der Waals surface area contributed by atoms with E-state index in [0.717, 1.165) is 11.3 Å². The van der Waals surface area contributed by atoms with E-state index in [0.29, 0.717) is 16.9 Å². The van der Waals surface area contributed by atoms with Gasteiger partial charge in [0.25, 0.3) is 5.22 Å². The molecule has 0 saturated carbocycles. The van der Waals surface area contributed by atoms with Crippen LogP contribution in [0.4, 0.5) is 0 Å². The molecule has 96 valence electrons. The van der Waals surface area contributed by atoms with Gasteiger partial charge in [0.2, 0.25) is 5.89 Å². The van der Waals surface area contributed by atoms with Crippen LogP contribution in [0.1, 0.15) is 17.6 Å². The van der Waals surface area contributed by atoms with Gasteiger partial charge in [-0.25, -0.2) is 0 Å². The van der Waals surface area contributed by atoms with Crippen molar-refractivity contribution in [2.75, 3.05) is 12.9 Å². The van der Waals surface area contributed by atoms with E-state index < -0.39 is 6.10 Å². The standard InChI is InChI=1S/C12H14N2O3S/c1-8-13-14-12(17-8)18-7-11(15)9-4-3-5-10(6-9)16-2/h3-6,11,15H,7H2,1-2H3. The number of thioether (sulfide) groups is 1. The summed E-state index contributed by atoms with van der Waals surface area (Å²) in [5.41, 5.74) is 0.804. The summed E-state index contributed by atoms with van der Waals surface area (Å²) in [7, 11) is 1.60. The molecule has 0 fully saturated rings. The Morgan fingerprint density at radius 2 is 2.28 bits per heavy atom. The summed E-state index contributed by atoms with van der Waals surface area (Å²) >= 11 is 1.33. The van der Waals surface area contributed by atoms with Gasteiger partial charge >= 0.3 is 0 Å². The molecule has 0 radical (unpaired) electrons. The largest absolute Gasteiger partial charge is 0.497 e. The number of hydrogen-bond acceptors (Lipinski definition) is 6. The highest BCUT2D eigenvalue weighted by atomic mass is 32.2. The smallest absolute Gasteiger partial charge is 0.276 e. The molecule has 2 aromatic rings. The molecule has 1 aromatic heterocycles. The number of benzene rings is 1. The van der Waals surface area contributed by atoms with E-state index in [-0.39, 0.29) is 0 Å². The fourth-order valence-corrected chi connectivity index (χ4v) is 2.20. The molecule has 0 aliphatic heterocycles. The van der Waals surface area contributed by atoms with Crippen molar-refractivity contribution in [3.8, 4) is 5.75 Å². The second kappa shape index (κ2) is 5.88. The lowest BCUT2D eigenvalue weighted by Crippen LogP contribution is -2.00. The molecule has 0 saturated heterocycles. The first-order valence-electron chi connectivity index (χ1n) is 5.44. The number of aliphatic hydroxyl groups excluding tert-OH is 1. The summed E-state index contributed by atoms with van der Waals surface area (Å²) in [5, 5.41) is 18.1. The molecule has 2 rings (SSSR count). The van der Waals surface area contributed by atoms with Gasteiger partial charge < -0.3 is 14.3 Å². The zero-order valence-corrected chi connectivity index (χ0v) is 11.0. The van der Waals surface area contributed by atoms with Crippen molar-refractivity contribution >= 4 is 11.8 Å². The molecule has 18 heavy (non-hydrogen) atoms. The molecule has 0 amide bonds. The topological polar surface area (TPSA) is 68.4 Å². The summed E-state index contributed by atoms with van der Waals surface area (Å²) in [6.07, 6.45) is -0.600. The quantitative estimate of drug-likeness (QED) is 0.837. The van der Waals surface area contributed by atoms with Crippen LogP contribution in [0.3, 0.4) is 0 Å². The average molecular weight is 266 g/mol. The Bertz CT molecular complexity index is 516. The predicted octanol–water partition coefficient (Wildman–Crippen LogP) is 2.21. The van der Waals surface area contributed by atoms with Crippen LogP contribution in [0.25, 0.3) is 0 Å². The molecular formula is C12H14N2O3S. The van der Waals surface area contributed by atoms with Crippen molar-refractivity contribution in [3.05, 3.63) is 35.7 Å². The first-order valence-corrected chi connectivity index (χ1v) is 6.42. The van der Waals surface area contributed by atoms with Crippen LogP contribution < -0.4 is 4.74 Å². The Labute approximate surface area is 109 Å². The van der Waals surface area contributed by atoms with Gasteiger partial charge in [-0.15, -0.1) is 10.2 Å². The SMILES string of the molecule is COc1cccc(C(O)CSc2nnc(C)o2)c1. The molecule has 0 spiro atoms. The van der Waals surface area contributed by atoms with Crippen LogP contribution >= 0.6 is 11.8 Å². The second-order valence-electron chi connectivity index (χ2n) is 3.69. The third-order valence-corrected chi connectivity index (χ3v) is 3.25. The van der Waals surface area contributed by atoms with E-state index in [2.05, 4.69) is 10.2 Å². The molecule has 1 heterocycles. The minimum Gasteiger partial charge on any atom is -0.497 e. The monoisotopic (exact) mass is 266 g/mol. The van der Waals surface area contributed by atoms with Crippen LogP contribution in [0.2, 0.25) is 0 Å². The number of aliphatic hydroxyl groups is 1. The molecule has 1 atom stereocenters. The lowest BCUT2D eigenvalue weighted by Gasteiger charge is -2.10. The molecule has 1 N–H and O–H groups in total. The number of methoxy groups -OCH3 is 1. The van der Waals surface area contributed by atoms with Gasteiger partial charge in [0.15, 0.2) is 0 Å². The minimum absolute atomic E-state index is 0.453. The van der Waals surface area contributed by atoms with Crippen LogP contribution in [0.15, 0.2) is 33.9 Å². The van der Waals surface area contributed by atoms with Gasteiger partial charge in [-0.3, -0.25) is 0 Å². The van der Waals surface area contributed by atoms with Crippen molar-refractivity contribution in [2.45, 2.75) is 18.3 Å². The van der Waals surface area contributed by atoms with Gasteiger partial charge in [0.05, 0.1) is 13.2 Å². The maximum atomic E-state index is 10.0. The molecule has 0 bridgehead atoms. The Balaban J connectivity index is 1.96. The molecule has 0 aliphatic rings. The van der Waals surface area contributed by atoms with Crippen LogP contribution in [-0.4, -0.2) is 28.2 Å². The Kier molecular flexibility index (Phi) is 4.22. The molecule has 1 unspecified atom stereocenters. The van der Waals surface area contributed by atoms with Gasteiger partial charge in [-0.05, 0) is 17.7 Å². The van der Waals surface area contributed by atoms with Crippen LogP contribution in [-0.2, 0) is 0 Å². The Morgan fingerprint density at radius 1 is 1.44 bits per heavy atom. The maximum Gasteiger partial charge on any atom is 0.276 e. The normalized spacial score (nSPS) is 12.4. The first-order chi connectivity index (χ1) is 8.69. The third kappa shape index (κ3) is 3.24. The van der Waals surface area contributed by atoms with Crippen molar-refractivity contribution < 1.29 is 14.3 Å². The van der Waals surface area contributed by atoms with E-state index in [1.165, 1.54) is 11.8 Å². The lowest BCUT2D eigenvalue weighted by molar-refractivity contribution is 0.203. The fraction of sp³-hybridized carbons (Fsp3) is 0.333. The average Bonchev–Trinajstić information content (AvgIpc) is 2.82.